The number of carbonyl (C=O) groups is 3. The van der Waals surface area contributed by atoms with E-state index in [-0.39, 0.29) is 51.7 Å². The third-order valence-electron chi connectivity index (χ3n) is 4.47. The van der Waals surface area contributed by atoms with E-state index in [1.165, 1.54) is 29.7 Å². The number of carboxylic acids is 1. The van der Waals surface area contributed by atoms with Gasteiger partial charge in [0.1, 0.15) is 16.4 Å². The molecule has 2 atom stereocenters. The standard InChI is InChI=1S/C16H14ClN7O4S3.Na/c17-1-7(8-5-31-16(18)20-8)12(25)21-10-13(26)24-11(15(27)28)6(4-30-14(10)24)3-29-9-2-19-23-22-9;/h1-2,5,10,14H,3-4H2,(H2,18,20)(H,21,25)(H,27,28)(H,19,22,23);/q;+1/p-1/b7-1+;/t10?,14-;/m1./s1. The second-order valence-electron chi connectivity index (χ2n) is 6.29. The monoisotopic (exact) mass is 521 g/mol. The number of halogens is 1. The number of thioether (sulfide) groups is 2. The molecule has 2 amide bonds. The number of anilines is 1. The van der Waals surface area contributed by atoms with Gasteiger partial charge >= 0.3 is 29.6 Å². The number of carbonyl (C=O) groups excluding carboxylic acids is 3. The molecule has 0 spiro atoms. The van der Waals surface area contributed by atoms with Gasteiger partial charge in [0.2, 0.25) is 0 Å². The number of nitrogens with two attached hydrogens (primary N) is 1. The topological polar surface area (TPSA) is 170 Å². The minimum Gasteiger partial charge on any atom is -0.543 e. The number of hydrogen-bond donors (Lipinski definition) is 3. The number of carboxylic acid groups (broad SMARTS) is 1. The third-order valence-corrected chi connectivity index (χ3v) is 7.68. The van der Waals surface area contributed by atoms with Crippen molar-refractivity contribution in [2.24, 2.45) is 0 Å². The van der Waals surface area contributed by atoms with Crippen LogP contribution in [0.3, 0.4) is 0 Å². The van der Waals surface area contributed by atoms with Crippen molar-refractivity contribution in [3.8, 4) is 0 Å². The molecule has 2 aliphatic rings. The van der Waals surface area contributed by atoms with E-state index in [1.807, 2.05) is 0 Å². The van der Waals surface area contributed by atoms with Gasteiger partial charge in [-0.3, -0.25) is 14.5 Å². The Morgan fingerprint density at radius 1 is 1.50 bits per heavy atom. The number of nitrogens with zero attached hydrogens (tertiary/aromatic N) is 4. The molecule has 0 aliphatic carbocycles. The normalized spacial score (nSPS) is 20.3. The number of aromatic nitrogens is 4. The van der Waals surface area contributed by atoms with Crippen LogP contribution in [0.5, 0.6) is 0 Å². The van der Waals surface area contributed by atoms with Gasteiger partial charge in [0.05, 0.1) is 29.1 Å². The van der Waals surface area contributed by atoms with Crippen molar-refractivity contribution in [1.29, 1.82) is 0 Å². The van der Waals surface area contributed by atoms with Gasteiger partial charge in [0.25, 0.3) is 11.8 Å². The average molecular weight is 522 g/mol. The van der Waals surface area contributed by atoms with Crippen LogP contribution >= 0.6 is 46.5 Å². The maximum atomic E-state index is 12.7. The van der Waals surface area contributed by atoms with E-state index in [0.717, 1.165) is 21.8 Å². The molecule has 4 rings (SSSR count). The van der Waals surface area contributed by atoms with Gasteiger partial charge < -0.3 is 21.0 Å². The quantitative estimate of drug-likeness (QED) is 0.144. The minimum absolute atomic E-state index is 0. The number of thiazole rings is 1. The Labute approximate surface area is 220 Å². The fraction of sp³-hybridized carbons (Fsp3) is 0.250. The van der Waals surface area contributed by atoms with Crippen LogP contribution < -0.4 is 45.7 Å². The molecule has 1 saturated heterocycles. The first-order chi connectivity index (χ1) is 14.9. The SMILES string of the molecule is Nc1nc(/C(=C\Cl)C(=O)NC2C(=O)N3C(C(=O)[O-])=C(CSc4cn[nH]n4)CS[C@H]23)cs1.[Na+]. The molecular weight excluding hydrogens is 509 g/mol. The number of amides is 2. The number of hydrogen-bond acceptors (Lipinski definition) is 11. The summed E-state index contributed by atoms with van der Waals surface area (Å²) >= 11 is 9.56. The van der Waals surface area contributed by atoms with Gasteiger partial charge in [-0.25, -0.2) is 4.98 Å². The van der Waals surface area contributed by atoms with Crippen molar-refractivity contribution in [3.05, 3.63) is 34.1 Å². The molecule has 32 heavy (non-hydrogen) atoms. The molecule has 0 saturated carbocycles. The average Bonchev–Trinajstić information content (AvgIpc) is 3.42. The van der Waals surface area contributed by atoms with Crippen LogP contribution in [-0.2, 0) is 14.4 Å². The van der Waals surface area contributed by atoms with Crippen LogP contribution in [0.15, 0.2) is 33.4 Å². The molecule has 2 aromatic heterocycles. The molecule has 4 heterocycles. The van der Waals surface area contributed by atoms with E-state index in [9.17, 15) is 19.5 Å². The Morgan fingerprint density at radius 3 is 2.88 bits per heavy atom. The first-order valence-electron chi connectivity index (χ1n) is 8.60. The van der Waals surface area contributed by atoms with Gasteiger partial charge in [-0.1, -0.05) is 23.4 Å². The molecule has 0 aromatic carbocycles. The van der Waals surface area contributed by atoms with Crippen LogP contribution in [-0.4, -0.2) is 66.0 Å². The van der Waals surface area contributed by atoms with Crippen molar-refractivity contribution >= 4 is 74.9 Å². The second-order valence-corrected chi connectivity index (χ2v) is 9.50. The number of β-lactam (4-membered cyclic amide) rings is 1. The summed E-state index contributed by atoms with van der Waals surface area (Å²) in [6, 6.07) is -0.904. The predicted octanol–water partition coefficient (Wildman–Crippen LogP) is -3.38. The number of aromatic amines is 1. The Kier molecular flexibility index (Phi) is 8.30. The van der Waals surface area contributed by atoms with E-state index in [2.05, 4.69) is 25.7 Å². The zero-order valence-corrected chi connectivity index (χ0v) is 21.6. The van der Waals surface area contributed by atoms with E-state index in [1.54, 1.807) is 5.38 Å². The fourth-order valence-corrected chi connectivity index (χ4v) is 6.10. The summed E-state index contributed by atoms with van der Waals surface area (Å²) in [7, 11) is 0. The zero-order valence-electron chi connectivity index (χ0n) is 16.4. The largest absolute Gasteiger partial charge is 1.00 e. The maximum absolute atomic E-state index is 12.7. The van der Waals surface area contributed by atoms with Crippen LogP contribution in [0.1, 0.15) is 5.69 Å². The number of nitrogen functional groups attached to an aromatic ring is 1. The summed E-state index contributed by atoms with van der Waals surface area (Å²) in [5, 5.41) is 26.3. The van der Waals surface area contributed by atoms with Crippen molar-refractivity contribution in [3.63, 3.8) is 0 Å². The number of aliphatic carboxylic acids is 1. The van der Waals surface area contributed by atoms with Gasteiger partial charge in [-0.05, 0) is 5.57 Å². The van der Waals surface area contributed by atoms with E-state index in [4.69, 9.17) is 17.3 Å². The molecule has 0 radical (unpaired) electrons. The predicted molar refractivity (Wildman–Crippen MR) is 115 cm³/mol. The fourth-order valence-electron chi connectivity index (χ4n) is 3.06. The molecule has 2 aliphatic heterocycles. The first kappa shape index (κ1) is 25.1. The summed E-state index contributed by atoms with van der Waals surface area (Å²) in [5.74, 6) is -1.93. The molecule has 162 valence electrons. The third kappa shape index (κ3) is 4.85. The molecule has 16 heteroatoms. The van der Waals surface area contributed by atoms with Gasteiger partial charge in [0.15, 0.2) is 5.13 Å². The molecule has 1 unspecified atom stereocenters. The van der Waals surface area contributed by atoms with Crippen LogP contribution in [0.4, 0.5) is 5.13 Å². The zero-order chi connectivity index (χ0) is 22.1. The molecule has 1 fully saturated rings. The number of fused-ring (bicyclic) bond motifs is 1. The number of H-pyrrole nitrogens is 1. The molecule has 11 nitrogen and oxygen atoms in total. The van der Waals surface area contributed by atoms with Crippen molar-refractivity contribution < 1.29 is 49.0 Å². The summed E-state index contributed by atoms with van der Waals surface area (Å²) in [6.07, 6.45) is 1.51. The Hall–Kier alpha value is -1.55. The number of rotatable bonds is 7. The van der Waals surface area contributed by atoms with E-state index >= 15 is 0 Å². The van der Waals surface area contributed by atoms with Crippen molar-refractivity contribution in [2.45, 2.75) is 16.4 Å². The van der Waals surface area contributed by atoms with Gasteiger partial charge in [0, 0.05) is 22.4 Å². The molecular formula is C16H13ClN7NaO4S3. The Bertz CT molecular complexity index is 1110. The summed E-state index contributed by atoms with van der Waals surface area (Å²) in [6.45, 7) is 0. The number of nitrogens with one attached hydrogen (secondary N) is 2. The van der Waals surface area contributed by atoms with Crippen molar-refractivity contribution in [2.75, 3.05) is 17.2 Å². The van der Waals surface area contributed by atoms with Crippen LogP contribution in [0, 0.1) is 0 Å². The summed E-state index contributed by atoms with van der Waals surface area (Å²) in [5.41, 5.74) is 7.37. The smallest absolute Gasteiger partial charge is 0.543 e. The molecule has 4 N–H and O–H groups in total. The molecule has 0 bridgehead atoms. The van der Waals surface area contributed by atoms with Gasteiger partial charge in [-0.2, -0.15) is 10.3 Å². The van der Waals surface area contributed by atoms with Gasteiger partial charge in [-0.15, -0.1) is 28.2 Å². The van der Waals surface area contributed by atoms with Crippen LogP contribution in [0.25, 0.3) is 5.57 Å². The molecule has 2 aromatic rings. The van der Waals surface area contributed by atoms with Crippen LogP contribution in [0.2, 0.25) is 0 Å². The second kappa shape index (κ2) is 10.6. The summed E-state index contributed by atoms with van der Waals surface area (Å²) in [4.78, 5) is 42.3. The maximum Gasteiger partial charge on any atom is 1.00 e. The summed E-state index contributed by atoms with van der Waals surface area (Å²) < 4.78 is 0. The van der Waals surface area contributed by atoms with E-state index in [0.29, 0.717) is 22.1 Å². The van der Waals surface area contributed by atoms with Crippen molar-refractivity contribution in [1.82, 2.24) is 30.6 Å². The minimum atomic E-state index is -1.45. The Balaban J connectivity index is 0.00000289. The Morgan fingerprint density at radius 2 is 2.28 bits per heavy atom. The van der Waals surface area contributed by atoms with E-state index < -0.39 is 29.2 Å². The first-order valence-corrected chi connectivity index (χ1v) is 11.9.